The van der Waals surface area contributed by atoms with Crippen molar-refractivity contribution < 1.29 is 9.53 Å². The van der Waals surface area contributed by atoms with Crippen molar-refractivity contribution in [2.45, 2.75) is 63.1 Å². The highest BCUT2D eigenvalue weighted by Gasteiger charge is 2.32. The van der Waals surface area contributed by atoms with Gasteiger partial charge in [-0.15, -0.1) is 0 Å². The van der Waals surface area contributed by atoms with Crippen LogP contribution in [0.25, 0.3) is 22.2 Å². The summed E-state index contributed by atoms with van der Waals surface area (Å²) in [7, 11) is 1.85. The predicted molar refractivity (Wildman–Crippen MR) is 134 cm³/mol. The number of carbonyl (C=O) groups is 1. The van der Waals surface area contributed by atoms with Crippen molar-refractivity contribution in [3.05, 3.63) is 42.9 Å². The van der Waals surface area contributed by atoms with Crippen LogP contribution in [0.2, 0.25) is 0 Å². The summed E-state index contributed by atoms with van der Waals surface area (Å²) in [5.74, 6) is 0.441. The lowest BCUT2D eigenvalue weighted by Gasteiger charge is -2.36. The molecule has 3 aromatic rings. The minimum atomic E-state index is -0.248. The highest BCUT2D eigenvalue weighted by molar-refractivity contribution is 5.89. The fourth-order valence-corrected chi connectivity index (χ4v) is 5.31. The quantitative estimate of drug-likeness (QED) is 0.507. The van der Waals surface area contributed by atoms with E-state index in [1.807, 2.05) is 7.11 Å². The molecule has 1 aliphatic carbocycles. The molecule has 0 unspecified atom stereocenters. The van der Waals surface area contributed by atoms with Gasteiger partial charge in [0, 0.05) is 42.4 Å². The van der Waals surface area contributed by atoms with Crippen LogP contribution in [-0.2, 0) is 11.3 Å². The summed E-state index contributed by atoms with van der Waals surface area (Å²) < 4.78 is 8.31. The minimum Gasteiger partial charge on any atom is -0.376 e. The van der Waals surface area contributed by atoms with E-state index in [2.05, 4.69) is 60.9 Å². The Balaban J connectivity index is 1.30. The molecule has 1 saturated heterocycles. The molecule has 2 aromatic heterocycles. The molecule has 0 spiro atoms. The first-order valence-corrected chi connectivity index (χ1v) is 12.4. The van der Waals surface area contributed by atoms with E-state index in [0.29, 0.717) is 5.82 Å². The monoisotopic (exact) mass is 462 g/mol. The van der Waals surface area contributed by atoms with Crippen molar-refractivity contribution in [2.75, 3.05) is 25.5 Å². The van der Waals surface area contributed by atoms with Gasteiger partial charge < -0.3 is 19.9 Å². The number of aromatic nitrogens is 3. The smallest absolute Gasteiger partial charge is 0.320 e. The van der Waals surface area contributed by atoms with Gasteiger partial charge >= 0.3 is 6.03 Å². The Hall–Kier alpha value is -2.97. The standard InChI is InChI=1S/C26H34N6O2/c1-34-26(10-3-2-4-11-26)18-32-13-9-20-14-19(7-8-23(20)32)22-16-28-17-24(30-22)31-25(33)29-21-6-5-12-27-15-21/h7-9,13-14,16-17,21,27H,2-6,10-12,15,18H2,1H3,(H2,29,30,31,33)/t21-/m0/s1. The molecule has 1 saturated carbocycles. The van der Waals surface area contributed by atoms with Gasteiger partial charge in [-0.3, -0.25) is 10.3 Å². The van der Waals surface area contributed by atoms with Gasteiger partial charge in [-0.2, -0.15) is 0 Å². The number of urea groups is 1. The van der Waals surface area contributed by atoms with E-state index in [9.17, 15) is 4.79 Å². The molecule has 3 heterocycles. The minimum absolute atomic E-state index is 0.0669. The second kappa shape index (κ2) is 10.1. The third-order valence-corrected chi connectivity index (χ3v) is 7.23. The first-order chi connectivity index (χ1) is 16.6. The number of ether oxygens (including phenoxy) is 1. The van der Waals surface area contributed by atoms with E-state index in [-0.39, 0.29) is 17.7 Å². The summed E-state index contributed by atoms with van der Waals surface area (Å²) in [5, 5.41) is 10.3. The van der Waals surface area contributed by atoms with Crippen LogP contribution < -0.4 is 16.0 Å². The number of nitrogens with one attached hydrogen (secondary N) is 3. The second-order valence-corrected chi connectivity index (χ2v) is 9.60. The topological polar surface area (TPSA) is 93.1 Å². The second-order valence-electron chi connectivity index (χ2n) is 9.60. The molecular weight excluding hydrogens is 428 g/mol. The number of hydrogen-bond acceptors (Lipinski definition) is 5. The van der Waals surface area contributed by atoms with Crippen molar-refractivity contribution in [1.29, 1.82) is 0 Å². The van der Waals surface area contributed by atoms with E-state index in [4.69, 9.17) is 4.74 Å². The van der Waals surface area contributed by atoms with Crippen LogP contribution in [0.4, 0.5) is 10.6 Å². The lowest BCUT2D eigenvalue weighted by molar-refractivity contribution is -0.0510. The number of methoxy groups -OCH3 is 1. The van der Waals surface area contributed by atoms with Crippen LogP contribution >= 0.6 is 0 Å². The fraction of sp³-hybridized carbons (Fsp3) is 0.500. The molecule has 2 fully saturated rings. The Kier molecular flexibility index (Phi) is 6.78. The zero-order chi connectivity index (χ0) is 23.4. The predicted octanol–water partition coefficient (Wildman–Crippen LogP) is 4.32. The van der Waals surface area contributed by atoms with Crippen LogP contribution in [0, 0.1) is 0 Å². The molecule has 2 aliphatic rings. The third-order valence-electron chi connectivity index (χ3n) is 7.23. The normalized spacial score (nSPS) is 20.2. The van der Waals surface area contributed by atoms with Gasteiger partial charge in [0.2, 0.25) is 0 Å². The van der Waals surface area contributed by atoms with Gasteiger partial charge in [0.1, 0.15) is 0 Å². The molecule has 8 nitrogen and oxygen atoms in total. The summed E-state index contributed by atoms with van der Waals surface area (Å²) in [6, 6.07) is 8.38. The molecular formula is C26H34N6O2. The van der Waals surface area contributed by atoms with Gasteiger partial charge in [-0.05, 0) is 50.4 Å². The van der Waals surface area contributed by atoms with E-state index >= 15 is 0 Å². The third kappa shape index (κ3) is 5.08. The number of benzene rings is 1. The largest absolute Gasteiger partial charge is 0.376 e. The van der Waals surface area contributed by atoms with E-state index < -0.39 is 0 Å². The number of fused-ring (bicyclic) bond motifs is 1. The number of nitrogens with zero attached hydrogens (tertiary/aromatic N) is 3. The number of amides is 2. The lowest BCUT2D eigenvalue weighted by Crippen LogP contribution is -2.47. The Morgan fingerprint density at radius 2 is 2.09 bits per heavy atom. The van der Waals surface area contributed by atoms with Gasteiger partial charge in [0.15, 0.2) is 5.82 Å². The molecule has 1 atom stereocenters. The molecule has 0 radical (unpaired) electrons. The number of rotatable bonds is 6. The molecule has 34 heavy (non-hydrogen) atoms. The van der Waals surface area contributed by atoms with E-state index in [0.717, 1.165) is 62.0 Å². The number of hydrogen-bond donors (Lipinski definition) is 3. The van der Waals surface area contributed by atoms with Crippen LogP contribution in [0.1, 0.15) is 44.9 Å². The van der Waals surface area contributed by atoms with E-state index in [1.54, 1.807) is 12.4 Å². The van der Waals surface area contributed by atoms with Crippen molar-refractivity contribution in [1.82, 2.24) is 25.2 Å². The van der Waals surface area contributed by atoms with Crippen molar-refractivity contribution in [3.63, 3.8) is 0 Å². The van der Waals surface area contributed by atoms with Crippen LogP contribution in [0.5, 0.6) is 0 Å². The molecule has 0 bridgehead atoms. The Bertz CT molecular complexity index is 1130. The van der Waals surface area contributed by atoms with E-state index in [1.165, 1.54) is 24.8 Å². The summed E-state index contributed by atoms with van der Waals surface area (Å²) in [6.45, 7) is 2.68. The SMILES string of the molecule is COC1(Cn2ccc3cc(-c4cncc(NC(=O)N[C@H]5CCCNC5)n4)ccc32)CCCCC1. The summed E-state index contributed by atoms with van der Waals surface area (Å²) in [6.07, 6.45) is 13.5. The van der Waals surface area contributed by atoms with Gasteiger partial charge in [-0.1, -0.05) is 25.3 Å². The molecule has 1 aliphatic heterocycles. The first-order valence-electron chi connectivity index (χ1n) is 12.4. The van der Waals surface area contributed by atoms with Gasteiger partial charge in [-0.25, -0.2) is 9.78 Å². The summed E-state index contributed by atoms with van der Waals surface area (Å²) >= 11 is 0. The fourth-order valence-electron chi connectivity index (χ4n) is 5.31. The zero-order valence-electron chi connectivity index (χ0n) is 19.8. The molecule has 8 heteroatoms. The Labute approximate surface area is 200 Å². The maximum atomic E-state index is 12.4. The molecule has 1 aromatic carbocycles. The average molecular weight is 463 g/mol. The Morgan fingerprint density at radius 3 is 2.88 bits per heavy atom. The maximum absolute atomic E-state index is 12.4. The van der Waals surface area contributed by atoms with Crippen molar-refractivity contribution >= 4 is 22.8 Å². The maximum Gasteiger partial charge on any atom is 0.320 e. The van der Waals surface area contributed by atoms with Gasteiger partial charge in [0.25, 0.3) is 0 Å². The Morgan fingerprint density at radius 1 is 1.21 bits per heavy atom. The molecule has 2 amide bonds. The highest BCUT2D eigenvalue weighted by Crippen LogP contribution is 2.34. The lowest BCUT2D eigenvalue weighted by atomic mass is 9.84. The zero-order valence-corrected chi connectivity index (χ0v) is 19.8. The summed E-state index contributed by atoms with van der Waals surface area (Å²) in [5.41, 5.74) is 2.82. The first kappa shape index (κ1) is 22.8. The van der Waals surface area contributed by atoms with Crippen molar-refractivity contribution in [2.24, 2.45) is 0 Å². The van der Waals surface area contributed by atoms with Crippen LogP contribution in [0.15, 0.2) is 42.9 Å². The molecule has 3 N–H and O–H groups in total. The number of anilines is 1. The van der Waals surface area contributed by atoms with Crippen LogP contribution in [0.3, 0.4) is 0 Å². The number of piperidine rings is 1. The van der Waals surface area contributed by atoms with Gasteiger partial charge in [0.05, 0.1) is 30.2 Å². The van der Waals surface area contributed by atoms with Crippen LogP contribution in [-0.4, -0.2) is 52.4 Å². The molecule has 180 valence electrons. The highest BCUT2D eigenvalue weighted by atomic mass is 16.5. The van der Waals surface area contributed by atoms with Crippen molar-refractivity contribution in [3.8, 4) is 11.3 Å². The molecule has 5 rings (SSSR count). The summed E-state index contributed by atoms with van der Waals surface area (Å²) in [4.78, 5) is 21.3. The number of carbonyl (C=O) groups excluding carboxylic acids is 1. The average Bonchev–Trinajstić information content (AvgIpc) is 3.27.